The van der Waals surface area contributed by atoms with Crippen LogP contribution in [0.15, 0.2) is 0 Å². The van der Waals surface area contributed by atoms with Crippen LogP contribution in [0.25, 0.3) is 0 Å². The fourth-order valence-corrected chi connectivity index (χ4v) is 3.01. The van der Waals surface area contributed by atoms with Crippen LogP contribution in [0.4, 0.5) is 0 Å². The number of amides is 1. The van der Waals surface area contributed by atoms with Crippen LogP contribution in [0.3, 0.4) is 0 Å². The zero-order chi connectivity index (χ0) is 13.9. The zero-order valence-corrected chi connectivity index (χ0v) is 11.6. The highest BCUT2D eigenvalue weighted by molar-refractivity contribution is 5.79. The molecule has 106 valence electrons. The number of nitrogens with zero attached hydrogens (tertiary/aromatic N) is 2. The van der Waals surface area contributed by atoms with Crippen molar-refractivity contribution >= 4 is 5.91 Å². The Labute approximate surface area is 114 Å². The van der Waals surface area contributed by atoms with Crippen molar-refractivity contribution in [1.82, 2.24) is 10.2 Å². The molecule has 5 heteroatoms. The molecule has 1 aliphatic heterocycles. The Kier molecular flexibility index (Phi) is 4.43. The van der Waals surface area contributed by atoms with Gasteiger partial charge in [-0.3, -0.25) is 9.69 Å². The maximum Gasteiger partial charge on any atom is 0.235 e. The maximum atomic E-state index is 12.0. The second-order valence-corrected chi connectivity index (χ2v) is 6.02. The van der Waals surface area contributed by atoms with Gasteiger partial charge in [0.25, 0.3) is 0 Å². The summed E-state index contributed by atoms with van der Waals surface area (Å²) < 4.78 is 0. The maximum absolute atomic E-state index is 12.0. The summed E-state index contributed by atoms with van der Waals surface area (Å²) in [6.45, 7) is 3.71. The molecule has 0 spiro atoms. The third-order valence-electron chi connectivity index (χ3n) is 4.42. The van der Waals surface area contributed by atoms with Crippen LogP contribution in [0, 0.1) is 17.2 Å². The van der Waals surface area contributed by atoms with Gasteiger partial charge in [-0.25, -0.2) is 0 Å². The summed E-state index contributed by atoms with van der Waals surface area (Å²) in [5.74, 6) is 0.213. The lowest BCUT2D eigenvalue weighted by atomic mass is 9.96. The van der Waals surface area contributed by atoms with Crippen LogP contribution in [-0.2, 0) is 4.79 Å². The van der Waals surface area contributed by atoms with Gasteiger partial charge in [0.2, 0.25) is 5.91 Å². The smallest absolute Gasteiger partial charge is 0.235 e. The van der Waals surface area contributed by atoms with Crippen LogP contribution in [-0.4, -0.2) is 47.2 Å². The number of nitrogens with one attached hydrogen (secondary N) is 1. The van der Waals surface area contributed by atoms with Crippen molar-refractivity contribution < 1.29 is 9.90 Å². The van der Waals surface area contributed by atoms with Gasteiger partial charge in [0, 0.05) is 6.54 Å². The first-order chi connectivity index (χ1) is 9.04. The first kappa shape index (κ1) is 14.3. The molecule has 1 aliphatic carbocycles. The average molecular weight is 265 g/mol. The van der Waals surface area contributed by atoms with E-state index in [0.29, 0.717) is 12.5 Å². The van der Waals surface area contributed by atoms with Gasteiger partial charge in [-0.05, 0) is 44.6 Å². The Morgan fingerprint density at radius 1 is 1.53 bits per heavy atom. The number of carbonyl (C=O) groups is 1. The monoisotopic (exact) mass is 265 g/mol. The fraction of sp³-hybridized carbons (Fsp3) is 0.857. The molecule has 2 unspecified atom stereocenters. The molecule has 1 saturated carbocycles. The molecule has 0 bridgehead atoms. The van der Waals surface area contributed by atoms with Gasteiger partial charge < -0.3 is 10.4 Å². The summed E-state index contributed by atoms with van der Waals surface area (Å²) in [5, 5.41) is 21.9. The van der Waals surface area contributed by atoms with E-state index in [0.717, 1.165) is 38.6 Å². The third-order valence-corrected chi connectivity index (χ3v) is 4.42. The Morgan fingerprint density at radius 3 is 2.79 bits per heavy atom. The lowest BCUT2D eigenvalue weighted by molar-refractivity contribution is -0.124. The van der Waals surface area contributed by atoms with E-state index < -0.39 is 5.54 Å². The Morgan fingerprint density at radius 2 is 2.21 bits per heavy atom. The van der Waals surface area contributed by atoms with Crippen molar-refractivity contribution in [3.05, 3.63) is 0 Å². The van der Waals surface area contributed by atoms with E-state index in [2.05, 4.69) is 11.4 Å². The zero-order valence-electron chi connectivity index (χ0n) is 11.6. The van der Waals surface area contributed by atoms with Gasteiger partial charge in [0.15, 0.2) is 0 Å². The number of nitriles is 1. The summed E-state index contributed by atoms with van der Waals surface area (Å²) in [5.41, 5.74) is -0.640. The van der Waals surface area contributed by atoms with Gasteiger partial charge in [0.05, 0.1) is 18.7 Å². The first-order valence-corrected chi connectivity index (χ1v) is 7.17. The molecule has 5 nitrogen and oxygen atoms in total. The molecule has 2 rings (SSSR count). The summed E-state index contributed by atoms with van der Waals surface area (Å²) in [6.07, 6.45) is 4.10. The molecule has 2 N–H and O–H groups in total. The Balaban J connectivity index is 1.83. The number of likely N-dealkylation sites (tertiary alicyclic amines) is 1. The minimum atomic E-state index is -0.640. The third kappa shape index (κ3) is 3.46. The van der Waals surface area contributed by atoms with E-state index >= 15 is 0 Å². The highest BCUT2D eigenvalue weighted by Gasteiger charge is 2.36. The van der Waals surface area contributed by atoms with Crippen LogP contribution >= 0.6 is 0 Å². The van der Waals surface area contributed by atoms with E-state index in [1.54, 1.807) is 0 Å². The predicted molar refractivity (Wildman–Crippen MR) is 71.2 cm³/mol. The largest absolute Gasteiger partial charge is 0.392 e. The summed E-state index contributed by atoms with van der Waals surface area (Å²) in [4.78, 5) is 14.0. The Bertz CT molecular complexity index is 371. The molecule has 19 heavy (non-hydrogen) atoms. The topological polar surface area (TPSA) is 76.4 Å². The molecule has 1 amide bonds. The van der Waals surface area contributed by atoms with Crippen LogP contribution in [0.1, 0.15) is 39.0 Å². The van der Waals surface area contributed by atoms with Crippen molar-refractivity contribution in [3.63, 3.8) is 0 Å². The lowest BCUT2D eigenvalue weighted by Gasteiger charge is -2.34. The lowest BCUT2D eigenvalue weighted by Crippen LogP contribution is -2.51. The fourth-order valence-electron chi connectivity index (χ4n) is 3.01. The molecule has 0 aromatic heterocycles. The number of hydrogen-bond donors (Lipinski definition) is 2. The van der Waals surface area contributed by atoms with E-state index in [-0.39, 0.29) is 18.6 Å². The minimum Gasteiger partial charge on any atom is -0.392 e. The molecule has 0 aromatic rings. The predicted octanol–water partition coefficient (Wildman–Crippen LogP) is 0.642. The van der Waals surface area contributed by atoms with Crippen LogP contribution in [0.2, 0.25) is 0 Å². The van der Waals surface area contributed by atoms with E-state index in [1.165, 1.54) is 0 Å². The normalized spacial score (nSPS) is 30.8. The van der Waals surface area contributed by atoms with Crippen molar-refractivity contribution in [3.8, 4) is 6.07 Å². The van der Waals surface area contributed by atoms with Crippen molar-refractivity contribution in [2.45, 2.75) is 50.7 Å². The van der Waals surface area contributed by atoms with Crippen LogP contribution < -0.4 is 5.32 Å². The molecular weight excluding hydrogens is 242 g/mol. The van der Waals surface area contributed by atoms with Gasteiger partial charge in [-0.2, -0.15) is 5.26 Å². The van der Waals surface area contributed by atoms with Crippen molar-refractivity contribution in [2.24, 2.45) is 5.92 Å². The number of aliphatic hydroxyl groups excluding tert-OH is 1. The van der Waals surface area contributed by atoms with Gasteiger partial charge in [-0.15, -0.1) is 0 Å². The van der Waals surface area contributed by atoms with E-state index in [1.807, 2.05) is 11.8 Å². The second-order valence-electron chi connectivity index (χ2n) is 6.02. The highest BCUT2D eigenvalue weighted by atomic mass is 16.3. The van der Waals surface area contributed by atoms with Gasteiger partial charge in [0.1, 0.15) is 5.54 Å². The molecule has 1 heterocycles. The molecule has 2 fully saturated rings. The van der Waals surface area contributed by atoms with E-state index in [4.69, 9.17) is 0 Å². The standard InChI is InChI=1S/C14H23N3O2/c1-11-4-7-17(8-12(11)18)9-13(19)16-14(10-15)5-2-3-6-14/h11-12,18H,2-9H2,1H3,(H,16,19). The second kappa shape index (κ2) is 5.89. The number of aliphatic hydroxyl groups is 1. The molecule has 0 aromatic carbocycles. The number of β-amino-alcohol motifs (C(OH)–C–C–N with tert-alkyl or cyclic N) is 1. The van der Waals surface area contributed by atoms with Crippen molar-refractivity contribution in [1.29, 1.82) is 5.26 Å². The minimum absolute atomic E-state index is 0.0924. The molecule has 2 atom stereocenters. The number of hydrogen-bond acceptors (Lipinski definition) is 4. The molecular formula is C14H23N3O2. The molecule has 1 saturated heterocycles. The molecule has 0 radical (unpaired) electrons. The Hall–Kier alpha value is -1.12. The SMILES string of the molecule is CC1CCN(CC(=O)NC2(C#N)CCCC2)CC1O. The summed E-state index contributed by atoms with van der Waals surface area (Å²) in [6, 6.07) is 2.26. The number of carbonyl (C=O) groups excluding carboxylic acids is 1. The highest BCUT2D eigenvalue weighted by Crippen LogP contribution is 2.28. The number of piperidine rings is 1. The molecule has 2 aliphatic rings. The van der Waals surface area contributed by atoms with Crippen molar-refractivity contribution in [2.75, 3.05) is 19.6 Å². The number of rotatable bonds is 3. The van der Waals surface area contributed by atoms with E-state index in [9.17, 15) is 15.2 Å². The van der Waals surface area contributed by atoms with Gasteiger partial charge in [-0.1, -0.05) is 6.92 Å². The quantitative estimate of drug-likeness (QED) is 0.785. The van der Waals surface area contributed by atoms with Gasteiger partial charge >= 0.3 is 0 Å². The first-order valence-electron chi connectivity index (χ1n) is 7.17. The van der Waals surface area contributed by atoms with Crippen LogP contribution in [0.5, 0.6) is 0 Å². The summed E-state index contributed by atoms with van der Waals surface area (Å²) in [7, 11) is 0. The summed E-state index contributed by atoms with van der Waals surface area (Å²) >= 11 is 0. The average Bonchev–Trinajstić information content (AvgIpc) is 2.83.